The molecule has 3 N–H and O–H groups in total. The molecule has 0 aliphatic carbocycles. The molecule has 0 radical (unpaired) electrons. The molecule has 258 valence electrons. The highest BCUT2D eigenvalue weighted by molar-refractivity contribution is 5.73. The van der Waals surface area contributed by atoms with Gasteiger partial charge in [0.25, 0.3) is 0 Å². The third kappa shape index (κ3) is 16.3. The molecule has 2 aliphatic rings. The number of carbonyl (C=O) groups is 3. The van der Waals surface area contributed by atoms with E-state index in [9.17, 15) is 39.5 Å². The number of ether oxygens (including phenoxy) is 1. The molecule has 11 nitrogen and oxygen atoms in total. The predicted octanol–water partition coefficient (Wildman–Crippen LogP) is 4.10. The molecule has 0 aromatic carbocycles. The van der Waals surface area contributed by atoms with Crippen LogP contribution in [-0.2, 0) is 32.2 Å². The van der Waals surface area contributed by atoms with Crippen LogP contribution < -0.4 is 0 Å². The second-order valence-corrected chi connectivity index (χ2v) is 9.55. The normalized spacial score (nSPS) is 18.9. The van der Waals surface area contributed by atoms with Crippen molar-refractivity contribution in [2.24, 2.45) is 5.92 Å². The average molecular weight is 681 g/mol. The Bertz CT molecular complexity index is 1160. The standard InChI is InChI=1S/C20H26N4O.3C2HF3O2/c1-2-18(12-22-6-1)14-23-9-5-19-15-24(10-11-25-20(19)16-23)13-17-3-7-21-8-4-17;3*3-2(4,5)1(6)7/h1-4,6-8,12,19-20H,5,9-11,13-16H2;3*(H,6,7)/t19-,20-;;;/m1.../s1. The minimum Gasteiger partial charge on any atom is -0.475 e. The molecule has 2 aromatic heterocycles. The summed E-state index contributed by atoms with van der Waals surface area (Å²) in [6, 6.07) is 8.39. The van der Waals surface area contributed by atoms with Crippen LogP contribution in [-0.4, -0.2) is 110 Å². The van der Waals surface area contributed by atoms with Crippen molar-refractivity contribution in [3.8, 4) is 0 Å². The van der Waals surface area contributed by atoms with E-state index in [4.69, 9.17) is 34.4 Å². The number of fused-ring (bicyclic) bond motifs is 1. The maximum absolute atomic E-state index is 10.6. The van der Waals surface area contributed by atoms with Crippen LogP contribution in [0.5, 0.6) is 0 Å². The van der Waals surface area contributed by atoms with E-state index in [0.717, 1.165) is 45.9 Å². The Morgan fingerprint density at radius 1 is 0.717 bits per heavy atom. The van der Waals surface area contributed by atoms with Gasteiger partial charge in [-0.1, -0.05) is 6.07 Å². The molecule has 2 aromatic rings. The number of carboxylic acid groups (broad SMARTS) is 3. The second-order valence-electron chi connectivity index (χ2n) is 9.55. The van der Waals surface area contributed by atoms with Crippen molar-refractivity contribution in [3.05, 3.63) is 60.2 Å². The fraction of sp³-hybridized carbons (Fsp3) is 0.500. The number of pyridine rings is 2. The zero-order chi connectivity index (χ0) is 35.1. The fourth-order valence-electron chi connectivity index (χ4n) is 3.97. The van der Waals surface area contributed by atoms with Gasteiger partial charge in [0, 0.05) is 63.4 Å². The predicted molar refractivity (Wildman–Crippen MR) is 138 cm³/mol. The van der Waals surface area contributed by atoms with Crippen molar-refractivity contribution in [1.29, 1.82) is 0 Å². The highest BCUT2D eigenvalue weighted by Gasteiger charge is 2.39. The van der Waals surface area contributed by atoms with Gasteiger partial charge in [0.2, 0.25) is 0 Å². The molecule has 4 rings (SSSR count). The van der Waals surface area contributed by atoms with E-state index < -0.39 is 36.4 Å². The molecule has 2 atom stereocenters. The summed E-state index contributed by atoms with van der Waals surface area (Å²) in [5.41, 5.74) is 2.62. The molecule has 0 bridgehead atoms. The SMILES string of the molecule is O=C(O)C(F)(F)F.O=C(O)C(F)(F)F.O=C(O)C(F)(F)F.c1cncc(CN2CC[C@@H]3CN(Cc4ccncc4)CCO[C@@H]3C2)c1. The zero-order valence-corrected chi connectivity index (χ0v) is 23.6. The lowest BCUT2D eigenvalue weighted by molar-refractivity contribution is -0.193. The summed E-state index contributed by atoms with van der Waals surface area (Å²) >= 11 is 0. The minimum atomic E-state index is -5.08. The number of aromatic nitrogens is 2. The van der Waals surface area contributed by atoms with Crippen molar-refractivity contribution < 1.29 is 74.0 Å². The Hall–Kier alpha value is -4.04. The number of aliphatic carboxylic acids is 3. The smallest absolute Gasteiger partial charge is 0.475 e. The summed E-state index contributed by atoms with van der Waals surface area (Å²) in [5, 5.41) is 21.4. The third-order valence-corrected chi connectivity index (χ3v) is 6.02. The molecule has 46 heavy (non-hydrogen) atoms. The molecular formula is C26H29F9N4O7. The molecular weight excluding hydrogens is 651 g/mol. The Morgan fingerprint density at radius 2 is 1.20 bits per heavy atom. The number of alkyl halides is 9. The molecule has 2 aliphatic heterocycles. The molecule has 0 saturated carbocycles. The van der Waals surface area contributed by atoms with Gasteiger partial charge in [-0.3, -0.25) is 19.8 Å². The summed E-state index contributed by atoms with van der Waals surface area (Å²) < 4.78 is 101. The quantitative estimate of drug-likeness (QED) is 0.400. The molecule has 4 heterocycles. The highest BCUT2D eigenvalue weighted by atomic mass is 19.4. The van der Waals surface area contributed by atoms with Gasteiger partial charge in [0.1, 0.15) is 0 Å². The van der Waals surface area contributed by atoms with Gasteiger partial charge in [-0.2, -0.15) is 39.5 Å². The lowest BCUT2D eigenvalue weighted by Crippen LogP contribution is -2.46. The topological polar surface area (TPSA) is 153 Å². The number of rotatable bonds is 4. The van der Waals surface area contributed by atoms with Crippen LogP contribution in [0.25, 0.3) is 0 Å². The van der Waals surface area contributed by atoms with Crippen LogP contribution in [0.15, 0.2) is 49.1 Å². The third-order valence-electron chi connectivity index (χ3n) is 6.02. The van der Waals surface area contributed by atoms with Crippen LogP contribution in [0.1, 0.15) is 17.5 Å². The van der Waals surface area contributed by atoms with Gasteiger partial charge in [-0.05, 0) is 42.3 Å². The molecule has 0 amide bonds. The molecule has 2 fully saturated rings. The molecule has 0 spiro atoms. The zero-order valence-electron chi connectivity index (χ0n) is 23.6. The van der Waals surface area contributed by atoms with Crippen molar-refractivity contribution in [2.75, 3.05) is 32.8 Å². The van der Waals surface area contributed by atoms with E-state index in [1.54, 1.807) is 0 Å². The Kier molecular flexibility index (Phi) is 15.8. The number of likely N-dealkylation sites (tertiary alicyclic amines) is 1. The van der Waals surface area contributed by atoms with E-state index in [-0.39, 0.29) is 0 Å². The van der Waals surface area contributed by atoms with E-state index in [1.807, 2.05) is 30.9 Å². The fourth-order valence-corrected chi connectivity index (χ4v) is 3.97. The van der Waals surface area contributed by atoms with Crippen LogP contribution in [0.4, 0.5) is 39.5 Å². The van der Waals surface area contributed by atoms with E-state index in [2.05, 4.69) is 38.0 Å². The maximum Gasteiger partial charge on any atom is 0.490 e. The van der Waals surface area contributed by atoms with Crippen molar-refractivity contribution >= 4 is 17.9 Å². The Balaban J connectivity index is 0.000000413. The summed E-state index contributed by atoms with van der Waals surface area (Å²) in [7, 11) is 0. The van der Waals surface area contributed by atoms with Gasteiger partial charge in [0.05, 0.1) is 12.7 Å². The number of nitrogens with zero attached hydrogens (tertiary/aromatic N) is 4. The average Bonchev–Trinajstić information content (AvgIpc) is 3.15. The summed E-state index contributed by atoms with van der Waals surface area (Å²) in [6.07, 6.45) is -6.13. The molecule has 2 saturated heterocycles. The molecule has 20 heteroatoms. The Morgan fingerprint density at radius 3 is 1.65 bits per heavy atom. The summed E-state index contributed by atoms with van der Waals surface area (Å²) in [5.74, 6) is -7.64. The van der Waals surface area contributed by atoms with Gasteiger partial charge >= 0.3 is 36.4 Å². The number of hydrogen-bond acceptors (Lipinski definition) is 8. The van der Waals surface area contributed by atoms with Crippen LogP contribution in [0, 0.1) is 5.92 Å². The van der Waals surface area contributed by atoms with E-state index >= 15 is 0 Å². The first-order valence-electron chi connectivity index (χ1n) is 12.9. The first kappa shape index (κ1) is 40.0. The highest BCUT2D eigenvalue weighted by Crippen LogP contribution is 2.26. The van der Waals surface area contributed by atoms with E-state index in [0.29, 0.717) is 12.0 Å². The van der Waals surface area contributed by atoms with E-state index in [1.165, 1.54) is 17.5 Å². The van der Waals surface area contributed by atoms with Crippen LogP contribution in [0.2, 0.25) is 0 Å². The van der Waals surface area contributed by atoms with Gasteiger partial charge in [-0.15, -0.1) is 0 Å². The monoisotopic (exact) mass is 680 g/mol. The number of piperidine rings is 1. The van der Waals surface area contributed by atoms with Crippen molar-refractivity contribution in [1.82, 2.24) is 19.8 Å². The van der Waals surface area contributed by atoms with Gasteiger partial charge < -0.3 is 20.1 Å². The largest absolute Gasteiger partial charge is 0.490 e. The van der Waals surface area contributed by atoms with Crippen LogP contribution >= 0.6 is 0 Å². The lowest BCUT2D eigenvalue weighted by atomic mass is 9.93. The van der Waals surface area contributed by atoms with Crippen molar-refractivity contribution in [3.63, 3.8) is 0 Å². The van der Waals surface area contributed by atoms with Crippen molar-refractivity contribution in [2.45, 2.75) is 44.1 Å². The first-order valence-corrected chi connectivity index (χ1v) is 12.9. The van der Waals surface area contributed by atoms with Gasteiger partial charge in [0.15, 0.2) is 0 Å². The lowest BCUT2D eigenvalue weighted by Gasteiger charge is -2.38. The number of halogens is 9. The number of carboxylic acids is 3. The number of hydrogen-bond donors (Lipinski definition) is 3. The van der Waals surface area contributed by atoms with Crippen LogP contribution in [0.3, 0.4) is 0 Å². The minimum absolute atomic E-state index is 0.355. The summed E-state index contributed by atoms with van der Waals surface area (Å²) in [4.78, 5) is 40.1. The summed E-state index contributed by atoms with van der Waals surface area (Å²) in [6.45, 7) is 7.11. The Labute approximate surface area is 255 Å². The van der Waals surface area contributed by atoms with Gasteiger partial charge in [-0.25, -0.2) is 14.4 Å². The first-order chi connectivity index (χ1) is 21.2. The maximum atomic E-state index is 10.6. The molecule has 0 unspecified atom stereocenters. The second kappa shape index (κ2) is 18.2.